The second-order valence-corrected chi connectivity index (χ2v) is 6.09. The van der Waals surface area contributed by atoms with E-state index >= 15 is 0 Å². The van der Waals surface area contributed by atoms with Crippen LogP contribution in [0.3, 0.4) is 0 Å². The Morgan fingerprint density at radius 1 is 1.27 bits per heavy atom. The summed E-state index contributed by atoms with van der Waals surface area (Å²) in [5.74, 6) is 1.14. The van der Waals surface area contributed by atoms with Crippen LogP contribution in [-0.2, 0) is 19.5 Å². The predicted molar refractivity (Wildman–Crippen MR) is 85.6 cm³/mol. The minimum absolute atomic E-state index is 0.117. The van der Waals surface area contributed by atoms with Gasteiger partial charge in [-0.05, 0) is 38.2 Å². The van der Waals surface area contributed by atoms with E-state index in [-0.39, 0.29) is 5.91 Å². The Morgan fingerprint density at radius 3 is 2.91 bits per heavy atom. The number of hydrogen-bond donors (Lipinski definition) is 0. The van der Waals surface area contributed by atoms with Gasteiger partial charge in [0.2, 0.25) is 0 Å². The van der Waals surface area contributed by atoms with Gasteiger partial charge in [-0.15, -0.1) is 0 Å². The molecule has 0 spiro atoms. The number of amides is 1. The number of aryl methyl sites for hydroxylation is 1. The third-order valence-corrected chi connectivity index (χ3v) is 4.05. The molecule has 0 fully saturated rings. The quantitative estimate of drug-likeness (QED) is 0.874. The summed E-state index contributed by atoms with van der Waals surface area (Å²) in [6.07, 6.45) is 3.58. The van der Waals surface area contributed by atoms with Crippen molar-refractivity contribution in [2.75, 3.05) is 20.6 Å². The molecule has 0 atom stereocenters. The molecule has 1 aromatic heterocycles. The molecule has 0 radical (unpaired) electrons. The average molecular weight is 298 g/mol. The number of carbonyl (C=O) groups is 1. The first kappa shape index (κ1) is 14.9. The standard InChI is InChI=1S/C18H22N2O2/c1-19(2)12-14-6-3-4-7-16(14)18(21)20-10-5-8-17-15(13-20)9-11-22-17/h3-4,6-7,9,11H,5,8,10,12-13H2,1-2H3. The van der Waals surface area contributed by atoms with E-state index in [1.54, 1.807) is 6.26 Å². The summed E-state index contributed by atoms with van der Waals surface area (Å²) >= 11 is 0. The highest BCUT2D eigenvalue weighted by Gasteiger charge is 2.23. The lowest BCUT2D eigenvalue weighted by molar-refractivity contribution is 0.0744. The topological polar surface area (TPSA) is 36.7 Å². The monoisotopic (exact) mass is 298 g/mol. The maximum Gasteiger partial charge on any atom is 0.254 e. The summed E-state index contributed by atoms with van der Waals surface area (Å²) in [6.45, 7) is 2.19. The van der Waals surface area contributed by atoms with Gasteiger partial charge in [0.1, 0.15) is 5.76 Å². The van der Waals surface area contributed by atoms with Gasteiger partial charge < -0.3 is 14.2 Å². The maximum absolute atomic E-state index is 13.0. The van der Waals surface area contributed by atoms with Crippen LogP contribution in [0.15, 0.2) is 41.0 Å². The van der Waals surface area contributed by atoms with Gasteiger partial charge in [-0.2, -0.15) is 0 Å². The van der Waals surface area contributed by atoms with Crippen LogP contribution in [0.2, 0.25) is 0 Å². The summed E-state index contributed by atoms with van der Waals surface area (Å²) in [7, 11) is 4.04. The molecule has 1 amide bonds. The summed E-state index contributed by atoms with van der Waals surface area (Å²) in [5, 5.41) is 0. The lowest BCUT2D eigenvalue weighted by Crippen LogP contribution is -2.31. The Morgan fingerprint density at radius 2 is 2.09 bits per heavy atom. The Bertz CT molecular complexity index is 661. The van der Waals surface area contributed by atoms with Crippen LogP contribution < -0.4 is 0 Å². The zero-order chi connectivity index (χ0) is 15.5. The van der Waals surface area contributed by atoms with Crippen LogP contribution in [0.1, 0.15) is 33.7 Å². The van der Waals surface area contributed by atoms with Crippen LogP contribution in [0.5, 0.6) is 0 Å². The first-order valence-corrected chi connectivity index (χ1v) is 7.72. The van der Waals surface area contributed by atoms with Gasteiger partial charge in [-0.3, -0.25) is 4.79 Å². The lowest BCUT2D eigenvalue weighted by Gasteiger charge is -2.22. The Labute approximate surface area is 131 Å². The van der Waals surface area contributed by atoms with E-state index in [0.29, 0.717) is 6.54 Å². The molecule has 0 saturated heterocycles. The van der Waals surface area contributed by atoms with Gasteiger partial charge >= 0.3 is 0 Å². The third kappa shape index (κ3) is 3.07. The summed E-state index contributed by atoms with van der Waals surface area (Å²) in [6, 6.07) is 9.88. The number of carbonyl (C=O) groups excluding carboxylic acids is 1. The molecule has 0 saturated carbocycles. The highest BCUT2D eigenvalue weighted by atomic mass is 16.3. The normalized spacial score (nSPS) is 14.8. The number of fused-ring (bicyclic) bond motifs is 1. The Kier molecular flexibility index (Phi) is 4.29. The lowest BCUT2D eigenvalue weighted by atomic mass is 10.1. The van der Waals surface area contributed by atoms with E-state index in [1.165, 1.54) is 0 Å². The number of benzene rings is 1. The molecular weight excluding hydrogens is 276 g/mol. The van der Waals surface area contributed by atoms with Crippen molar-refractivity contribution < 1.29 is 9.21 Å². The zero-order valence-electron chi connectivity index (χ0n) is 13.2. The minimum Gasteiger partial charge on any atom is -0.469 e. The van der Waals surface area contributed by atoms with Gasteiger partial charge in [-0.1, -0.05) is 18.2 Å². The van der Waals surface area contributed by atoms with Crippen LogP contribution >= 0.6 is 0 Å². The highest BCUT2D eigenvalue weighted by molar-refractivity contribution is 5.95. The highest BCUT2D eigenvalue weighted by Crippen LogP contribution is 2.22. The third-order valence-electron chi connectivity index (χ3n) is 4.05. The first-order chi connectivity index (χ1) is 10.6. The molecule has 0 aliphatic carbocycles. The summed E-state index contributed by atoms with van der Waals surface area (Å²) in [5.41, 5.74) is 3.02. The molecule has 1 aromatic carbocycles. The minimum atomic E-state index is 0.117. The molecule has 4 nitrogen and oxygen atoms in total. The van der Waals surface area contributed by atoms with E-state index in [1.807, 2.05) is 49.3 Å². The van der Waals surface area contributed by atoms with Crippen molar-refractivity contribution in [3.63, 3.8) is 0 Å². The molecule has 0 unspecified atom stereocenters. The average Bonchev–Trinajstić information content (AvgIpc) is 2.83. The van der Waals surface area contributed by atoms with Gasteiger partial charge in [0.15, 0.2) is 0 Å². The number of hydrogen-bond acceptors (Lipinski definition) is 3. The molecule has 2 aromatic rings. The Balaban J connectivity index is 1.85. The Hall–Kier alpha value is -2.07. The molecule has 4 heteroatoms. The number of furan rings is 1. The fraction of sp³-hybridized carbons (Fsp3) is 0.389. The van der Waals surface area contributed by atoms with Crippen LogP contribution in [0, 0.1) is 0 Å². The van der Waals surface area contributed by atoms with Crippen molar-refractivity contribution in [1.29, 1.82) is 0 Å². The molecule has 116 valence electrons. The van der Waals surface area contributed by atoms with Crippen molar-refractivity contribution in [2.45, 2.75) is 25.9 Å². The van der Waals surface area contributed by atoms with E-state index in [0.717, 1.165) is 48.4 Å². The largest absolute Gasteiger partial charge is 0.469 e. The van der Waals surface area contributed by atoms with Gasteiger partial charge in [0.25, 0.3) is 5.91 Å². The molecule has 0 bridgehead atoms. The van der Waals surface area contributed by atoms with E-state index in [2.05, 4.69) is 4.90 Å². The predicted octanol–water partition coefficient (Wildman–Crippen LogP) is 2.93. The van der Waals surface area contributed by atoms with Crippen LogP contribution in [0.25, 0.3) is 0 Å². The maximum atomic E-state index is 13.0. The van der Waals surface area contributed by atoms with Gasteiger partial charge in [-0.25, -0.2) is 0 Å². The number of nitrogens with zero attached hydrogens (tertiary/aromatic N) is 2. The van der Waals surface area contributed by atoms with E-state index in [9.17, 15) is 4.79 Å². The molecule has 1 aliphatic heterocycles. The SMILES string of the molecule is CN(C)Cc1ccccc1C(=O)N1CCCc2occc2C1. The zero-order valence-corrected chi connectivity index (χ0v) is 13.2. The molecule has 2 heterocycles. The van der Waals surface area contributed by atoms with E-state index in [4.69, 9.17) is 4.42 Å². The van der Waals surface area contributed by atoms with Crippen molar-refractivity contribution in [3.05, 3.63) is 59.0 Å². The fourth-order valence-electron chi connectivity index (χ4n) is 2.99. The molecule has 3 rings (SSSR count). The summed E-state index contributed by atoms with van der Waals surface area (Å²) in [4.78, 5) is 17.0. The number of rotatable bonds is 3. The van der Waals surface area contributed by atoms with Gasteiger partial charge in [0, 0.05) is 37.2 Å². The van der Waals surface area contributed by atoms with Crippen LogP contribution in [-0.4, -0.2) is 36.3 Å². The second kappa shape index (κ2) is 6.36. The van der Waals surface area contributed by atoms with Crippen molar-refractivity contribution in [1.82, 2.24) is 9.80 Å². The van der Waals surface area contributed by atoms with Crippen LogP contribution in [0.4, 0.5) is 0 Å². The van der Waals surface area contributed by atoms with Crippen molar-refractivity contribution in [3.8, 4) is 0 Å². The summed E-state index contributed by atoms with van der Waals surface area (Å²) < 4.78 is 5.50. The first-order valence-electron chi connectivity index (χ1n) is 7.72. The smallest absolute Gasteiger partial charge is 0.254 e. The van der Waals surface area contributed by atoms with Crippen molar-refractivity contribution >= 4 is 5.91 Å². The molecular formula is C18H22N2O2. The fourth-order valence-corrected chi connectivity index (χ4v) is 2.99. The van der Waals surface area contributed by atoms with E-state index < -0.39 is 0 Å². The van der Waals surface area contributed by atoms with Crippen molar-refractivity contribution in [2.24, 2.45) is 0 Å². The molecule has 0 N–H and O–H groups in total. The molecule has 22 heavy (non-hydrogen) atoms. The van der Waals surface area contributed by atoms with Gasteiger partial charge in [0.05, 0.1) is 6.26 Å². The second-order valence-electron chi connectivity index (χ2n) is 6.09. The molecule has 1 aliphatic rings.